The quantitative estimate of drug-likeness (QED) is 0.449. The molecule has 2 saturated carbocycles. The first-order valence-electron chi connectivity index (χ1n) is 7.84. The highest BCUT2D eigenvalue weighted by Gasteiger charge is 2.39. The van der Waals surface area contributed by atoms with Gasteiger partial charge in [0.15, 0.2) is 0 Å². The van der Waals surface area contributed by atoms with Gasteiger partial charge < -0.3 is 0 Å². The molecule has 2 amide bonds. The Kier molecular flexibility index (Phi) is 5.57. The molecule has 4 unspecified atom stereocenters. The van der Waals surface area contributed by atoms with Gasteiger partial charge in [-0.2, -0.15) is 0 Å². The first kappa shape index (κ1) is 18.1. The van der Waals surface area contributed by atoms with E-state index < -0.39 is 0 Å². The topological polar surface area (TPSA) is 64.7 Å². The van der Waals surface area contributed by atoms with Gasteiger partial charge in [-0.05, 0) is 24.7 Å². The van der Waals surface area contributed by atoms with E-state index in [1.807, 2.05) is 0 Å². The van der Waals surface area contributed by atoms with Gasteiger partial charge in [-0.25, -0.2) is 0 Å². The van der Waals surface area contributed by atoms with E-state index in [0.29, 0.717) is 33.6 Å². The number of hydrogen-bond acceptors (Lipinski definition) is 4. The lowest BCUT2D eigenvalue weighted by molar-refractivity contribution is -0.132. The smallest absolute Gasteiger partial charge is 0.248 e. The molecule has 0 aromatic carbocycles. The molecule has 2 aliphatic carbocycles. The third kappa shape index (κ3) is 4.84. The largest absolute Gasteiger partial charge is 0.282 e. The first-order chi connectivity index (χ1) is 10.7. The molecule has 2 rings (SSSR count). The zero-order chi connectivity index (χ0) is 17.3. The van der Waals surface area contributed by atoms with Gasteiger partial charge in [0.1, 0.15) is 16.4 Å². The number of hydrogen-bond donors (Lipinski definition) is 2. The van der Waals surface area contributed by atoms with E-state index in [4.69, 9.17) is 24.4 Å². The molecule has 0 heterocycles. The van der Waals surface area contributed by atoms with E-state index in [0.717, 1.165) is 12.8 Å². The van der Waals surface area contributed by atoms with E-state index >= 15 is 0 Å². The Morgan fingerprint density at radius 2 is 1.22 bits per heavy atom. The van der Waals surface area contributed by atoms with Crippen LogP contribution in [0.1, 0.15) is 33.1 Å². The Morgan fingerprint density at radius 3 is 1.48 bits per heavy atom. The third-order valence-corrected chi connectivity index (χ3v) is 5.57. The summed E-state index contributed by atoms with van der Waals surface area (Å²) in [5.74, 6) is 1.08. The van der Waals surface area contributed by atoms with E-state index in [1.54, 1.807) is 24.1 Å². The highest BCUT2D eigenvalue weighted by molar-refractivity contribution is 7.80. The van der Waals surface area contributed by atoms with Crippen molar-refractivity contribution in [2.75, 3.05) is 14.1 Å². The molecule has 2 aliphatic rings. The summed E-state index contributed by atoms with van der Waals surface area (Å²) in [5.41, 5.74) is 5.28. The van der Waals surface area contributed by atoms with Crippen LogP contribution >= 0.6 is 24.4 Å². The maximum Gasteiger partial charge on any atom is 0.248 e. The number of rotatable bonds is 4. The standard InChI is InChI=1S/C15H24N4O2S2/c1-8-5-10(8)14(22)18(3)16-12(20)7-13(21)17-19(4)15(23)11-6-9(11)2/h8-11H,5-7H2,1-4H3,(H,16,20)(H,17,21). The predicted molar refractivity (Wildman–Crippen MR) is 96.2 cm³/mol. The van der Waals surface area contributed by atoms with E-state index in [2.05, 4.69) is 24.7 Å². The number of hydrazine groups is 2. The van der Waals surface area contributed by atoms with Crippen molar-refractivity contribution in [3.8, 4) is 0 Å². The van der Waals surface area contributed by atoms with Crippen molar-refractivity contribution in [3.63, 3.8) is 0 Å². The Labute approximate surface area is 147 Å². The van der Waals surface area contributed by atoms with Gasteiger partial charge in [0.2, 0.25) is 11.8 Å². The third-order valence-electron chi connectivity index (χ3n) is 4.42. The molecule has 0 aliphatic heterocycles. The van der Waals surface area contributed by atoms with Gasteiger partial charge in [-0.15, -0.1) is 0 Å². The second kappa shape index (κ2) is 7.09. The van der Waals surface area contributed by atoms with Gasteiger partial charge in [0.05, 0.1) is 0 Å². The number of carbonyl (C=O) groups is 2. The van der Waals surface area contributed by atoms with E-state index in [1.165, 1.54) is 0 Å². The molecule has 8 heteroatoms. The molecule has 4 atom stereocenters. The van der Waals surface area contributed by atoms with Crippen molar-refractivity contribution in [2.45, 2.75) is 33.1 Å². The van der Waals surface area contributed by atoms with Crippen LogP contribution < -0.4 is 10.9 Å². The zero-order valence-corrected chi connectivity index (χ0v) is 15.6. The van der Waals surface area contributed by atoms with Crippen molar-refractivity contribution < 1.29 is 9.59 Å². The molecule has 23 heavy (non-hydrogen) atoms. The molecule has 6 nitrogen and oxygen atoms in total. The fourth-order valence-corrected chi connectivity index (χ4v) is 3.29. The number of thiocarbonyl (C=S) groups is 2. The van der Waals surface area contributed by atoms with Crippen LogP contribution in [-0.4, -0.2) is 45.9 Å². The van der Waals surface area contributed by atoms with Crippen LogP contribution in [0.5, 0.6) is 0 Å². The van der Waals surface area contributed by atoms with Crippen LogP contribution in [0.4, 0.5) is 0 Å². The Hall–Kier alpha value is -1.28. The minimum Gasteiger partial charge on any atom is -0.282 e. The summed E-state index contributed by atoms with van der Waals surface area (Å²) in [4.78, 5) is 25.3. The summed E-state index contributed by atoms with van der Waals surface area (Å²) in [6.45, 7) is 4.25. The SMILES string of the molecule is CC1CC1C(=S)N(C)NC(=O)CC(=O)NN(C)C(=S)C1CC1C. The van der Waals surface area contributed by atoms with E-state index in [9.17, 15) is 9.59 Å². The van der Waals surface area contributed by atoms with E-state index in [-0.39, 0.29) is 18.2 Å². The molecule has 0 aromatic rings. The normalized spacial score (nSPS) is 27.7. The number of carbonyl (C=O) groups excluding carboxylic acids is 2. The average molecular weight is 357 g/mol. The van der Waals surface area contributed by atoms with Gasteiger partial charge >= 0.3 is 0 Å². The van der Waals surface area contributed by atoms with Crippen molar-refractivity contribution in [1.29, 1.82) is 0 Å². The minimum atomic E-state index is -0.389. The molecule has 0 saturated heterocycles. The summed E-state index contributed by atoms with van der Waals surface area (Å²) in [6, 6.07) is 0. The molecule has 128 valence electrons. The van der Waals surface area contributed by atoms with Gasteiger partial charge in [-0.1, -0.05) is 38.3 Å². The second-order valence-corrected chi connectivity index (χ2v) is 7.52. The molecule has 2 fully saturated rings. The summed E-state index contributed by atoms with van der Waals surface area (Å²) < 4.78 is 0. The van der Waals surface area contributed by atoms with Crippen LogP contribution in [0.3, 0.4) is 0 Å². The molecular formula is C15H24N4O2S2. The maximum absolute atomic E-state index is 11.9. The van der Waals surface area contributed by atoms with Crippen LogP contribution in [0.25, 0.3) is 0 Å². The number of nitrogens with one attached hydrogen (secondary N) is 2. The maximum atomic E-state index is 11.9. The highest BCUT2D eigenvalue weighted by Crippen LogP contribution is 2.40. The zero-order valence-electron chi connectivity index (χ0n) is 14.0. The molecule has 0 radical (unpaired) electrons. The molecule has 0 spiro atoms. The number of amides is 2. The van der Waals surface area contributed by atoms with Crippen molar-refractivity contribution >= 4 is 46.2 Å². The molecule has 2 N–H and O–H groups in total. The Bertz CT molecular complexity index is 494. The molecule has 0 aromatic heterocycles. The van der Waals surface area contributed by atoms with Gasteiger partial charge in [-0.3, -0.25) is 30.5 Å². The van der Waals surface area contributed by atoms with Crippen molar-refractivity contribution in [1.82, 2.24) is 20.9 Å². The lowest BCUT2D eigenvalue weighted by atomic mass is 10.3. The van der Waals surface area contributed by atoms with Gasteiger partial charge in [0, 0.05) is 25.9 Å². The lowest BCUT2D eigenvalue weighted by Crippen LogP contribution is -2.48. The lowest BCUT2D eigenvalue weighted by Gasteiger charge is -2.23. The summed E-state index contributed by atoms with van der Waals surface area (Å²) in [6.07, 6.45) is 1.85. The van der Waals surface area contributed by atoms with Crippen molar-refractivity contribution in [3.05, 3.63) is 0 Å². The molecule has 0 bridgehead atoms. The summed E-state index contributed by atoms with van der Waals surface area (Å²) in [5, 5.41) is 3.08. The predicted octanol–water partition coefficient (Wildman–Crippen LogP) is 1.27. The Balaban J connectivity index is 1.70. The van der Waals surface area contributed by atoms with Crippen LogP contribution in [0, 0.1) is 23.7 Å². The Morgan fingerprint density at radius 1 is 0.913 bits per heavy atom. The fraction of sp³-hybridized carbons (Fsp3) is 0.733. The number of nitrogens with zero attached hydrogens (tertiary/aromatic N) is 2. The van der Waals surface area contributed by atoms with Crippen molar-refractivity contribution in [2.24, 2.45) is 23.7 Å². The first-order valence-corrected chi connectivity index (χ1v) is 8.66. The molecular weight excluding hydrogens is 332 g/mol. The minimum absolute atomic E-state index is 0.264. The van der Waals surface area contributed by atoms with Crippen LogP contribution in [0.2, 0.25) is 0 Å². The summed E-state index contributed by atoms with van der Waals surface area (Å²) >= 11 is 10.6. The monoisotopic (exact) mass is 356 g/mol. The van der Waals surface area contributed by atoms with Crippen LogP contribution in [-0.2, 0) is 9.59 Å². The van der Waals surface area contributed by atoms with Crippen LogP contribution in [0.15, 0.2) is 0 Å². The fourth-order valence-electron chi connectivity index (χ4n) is 2.54. The van der Waals surface area contributed by atoms with Gasteiger partial charge in [0.25, 0.3) is 0 Å². The average Bonchev–Trinajstić information content (AvgIpc) is 3.35. The summed E-state index contributed by atoms with van der Waals surface area (Å²) in [7, 11) is 3.41. The second-order valence-electron chi connectivity index (χ2n) is 6.68. The highest BCUT2D eigenvalue weighted by atomic mass is 32.1.